The van der Waals surface area contributed by atoms with E-state index in [1.807, 2.05) is 55.7 Å². The van der Waals surface area contributed by atoms with E-state index in [0.29, 0.717) is 28.9 Å². The summed E-state index contributed by atoms with van der Waals surface area (Å²) in [4.78, 5) is 26.3. The van der Waals surface area contributed by atoms with E-state index in [4.69, 9.17) is 0 Å². The first-order valence-corrected chi connectivity index (χ1v) is 10.1. The summed E-state index contributed by atoms with van der Waals surface area (Å²) in [6.45, 7) is 5.65. The van der Waals surface area contributed by atoms with Crippen molar-refractivity contribution in [1.29, 1.82) is 0 Å². The van der Waals surface area contributed by atoms with Crippen molar-refractivity contribution >= 4 is 22.4 Å². The van der Waals surface area contributed by atoms with E-state index in [0.717, 1.165) is 11.1 Å². The molecule has 4 aromatic rings. The number of halogens is 1. The van der Waals surface area contributed by atoms with E-state index in [-0.39, 0.29) is 17.3 Å². The molecule has 0 aliphatic heterocycles. The largest absolute Gasteiger partial charge is 0.335 e. The lowest BCUT2D eigenvalue weighted by molar-refractivity contribution is -0.119. The quantitative estimate of drug-likeness (QED) is 0.518. The third-order valence-corrected chi connectivity index (χ3v) is 5.57. The molecule has 4 rings (SSSR count). The van der Waals surface area contributed by atoms with E-state index in [1.165, 1.54) is 28.9 Å². The number of hydrogen-bond donors (Lipinski definition) is 1. The van der Waals surface area contributed by atoms with E-state index in [9.17, 15) is 14.0 Å². The minimum Gasteiger partial charge on any atom is -0.335 e. The average Bonchev–Trinajstić information content (AvgIpc) is 3.02. The van der Waals surface area contributed by atoms with Gasteiger partial charge in [0, 0.05) is 22.5 Å². The zero-order valence-corrected chi connectivity index (χ0v) is 17.6. The van der Waals surface area contributed by atoms with Gasteiger partial charge in [0.25, 0.3) is 5.56 Å². The smallest absolute Gasteiger partial charge is 0.281 e. The van der Waals surface area contributed by atoms with Crippen molar-refractivity contribution in [3.63, 3.8) is 0 Å². The van der Waals surface area contributed by atoms with Gasteiger partial charge in [-0.15, -0.1) is 0 Å². The number of fused-ring (bicyclic) bond motifs is 1. The van der Waals surface area contributed by atoms with Crippen LogP contribution in [-0.4, -0.2) is 20.3 Å². The molecule has 0 spiro atoms. The minimum atomic E-state index is -0.526. The predicted octanol–water partition coefficient (Wildman–Crippen LogP) is 4.53. The number of amides is 1. The maximum absolute atomic E-state index is 13.3. The highest BCUT2D eigenvalue weighted by Crippen LogP contribution is 2.28. The number of benzene rings is 2. The highest BCUT2D eigenvalue weighted by Gasteiger charge is 2.25. The summed E-state index contributed by atoms with van der Waals surface area (Å²) in [6.07, 6.45) is 2.20. The molecule has 0 saturated heterocycles. The standard InChI is InChI=1S/C24H23FN4O2/c1-4-21(23(30)27-18-12-10-17(25)11-13-18)28-15(2)20-14-26-29(19-8-6-5-7-9-19)24(31)22(20)16(28)3/h5-14,21H,4H2,1-3H3,(H,27,30). The molecule has 0 aliphatic carbocycles. The number of carbonyl (C=O) groups is 1. The number of rotatable bonds is 5. The van der Waals surface area contributed by atoms with Crippen LogP contribution in [0.15, 0.2) is 65.6 Å². The summed E-state index contributed by atoms with van der Waals surface area (Å²) < 4.78 is 16.4. The lowest BCUT2D eigenvalue weighted by atomic mass is 10.1. The molecule has 31 heavy (non-hydrogen) atoms. The van der Waals surface area contributed by atoms with Crippen LogP contribution in [0.4, 0.5) is 10.1 Å². The van der Waals surface area contributed by atoms with Crippen LogP contribution < -0.4 is 10.9 Å². The molecular weight excluding hydrogens is 395 g/mol. The maximum atomic E-state index is 13.3. The zero-order valence-electron chi connectivity index (χ0n) is 17.6. The number of carbonyl (C=O) groups excluding carboxylic acids is 1. The van der Waals surface area contributed by atoms with E-state index < -0.39 is 6.04 Å². The molecule has 7 heteroatoms. The molecule has 1 unspecified atom stereocenters. The number of aromatic nitrogens is 3. The Hall–Kier alpha value is -3.74. The summed E-state index contributed by atoms with van der Waals surface area (Å²) in [5.41, 5.74) is 2.49. The van der Waals surface area contributed by atoms with Gasteiger partial charge in [0.15, 0.2) is 0 Å². The third kappa shape index (κ3) is 3.63. The number of para-hydroxylation sites is 1. The Kier molecular flexibility index (Phi) is 5.42. The van der Waals surface area contributed by atoms with Gasteiger partial charge in [-0.1, -0.05) is 25.1 Å². The molecule has 1 atom stereocenters. The Labute approximate surface area is 178 Å². The van der Waals surface area contributed by atoms with Crippen molar-refractivity contribution in [3.8, 4) is 5.69 Å². The van der Waals surface area contributed by atoms with Gasteiger partial charge in [0.1, 0.15) is 11.9 Å². The maximum Gasteiger partial charge on any atom is 0.281 e. The van der Waals surface area contributed by atoms with Gasteiger partial charge < -0.3 is 9.88 Å². The second-order valence-electron chi connectivity index (χ2n) is 7.45. The number of aryl methyl sites for hydroxylation is 2. The van der Waals surface area contributed by atoms with Gasteiger partial charge in [-0.2, -0.15) is 9.78 Å². The van der Waals surface area contributed by atoms with Crippen LogP contribution in [0.25, 0.3) is 16.5 Å². The van der Waals surface area contributed by atoms with Gasteiger partial charge in [0.2, 0.25) is 5.91 Å². The predicted molar refractivity (Wildman–Crippen MR) is 119 cm³/mol. The molecule has 0 aliphatic rings. The molecule has 2 aromatic carbocycles. The van der Waals surface area contributed by atoms with E-state index in [1.54, 1.807) is 6.20 Å². The van der Waals surface area contributed by atoms with Gasteiger partial charge in [-0.3, -0.25) is 9.59 Å². The second-order valence-corrected chi connectivity index (χ2v) is 7.45. The first-order chi connectivity index (χ1) is 14.9. The highest BCUT2D eigenvalue weighted by molar-refractivity contribution is 5.95. The van der Waals surface area contributed by atoms with Gasteiger partial charge in [-0.25, -0.2) is 4.39 Å². The molecule has 1 amide bonds. The van der Waals surface area contributed by atoms with Crippen LogP contribution in [0.5, 0.6) is 0 Å². The Morgan fingerprint density at radius 2 is 1.74 bits per heavy atom. The third-order valence-electron chi connectivity index (χ3n) is 5.57. The van der Waals surface area contributed by atoms with Crippen LogP contribution in [-0.2, 0) is 4.79 Å². The first kappa shape index (κ1) is 20.5. The fraction of sp³-hybridized carbons (Fsp3) is 0.208. The van der Waals surface area contributed by atoms with Crippen molar-refractivity contribution in [2.75, 3.05) is 5.32 Å². The Morgan fingerprint density at radius 1 is 1.06 bits per heavy atom. The topological polar surface area (TPSA) is 68.9 Å². The van der Waals surface area contributed by atoms with Crippen molar-refractivity contribution < 1.29 is 9.18 Å². The normalized spacial score (nSPS) is 12.1. The fourth-order valence-corrected chi connectivity index (χ4v) is 4.04. The average molecular weight is 418 g/mol. The van der Waals surface area contributed by atoms with Gasteiger partial charge in [-0.05, 0) is 56.7 Å². The number of anilines is 1. The van der Waals surface area contributed by atoms with E-state index >= 15 is 0 Å². The van der Waals surface area contributed by atoms with Crippen LogP contribution in [0.3, 0.4) is 0 Å². The van der Waals surface area contributed by atoms with Gasteiger partial charge in [0.05, 0.1) is 17.3 Å². The zero-order chi connectivity index (χ0) is 22.1. The monoisotopic (exact) mass is 418 g/mol. The lowest BCUT2D eigenvalue weighted by Crippen LogP contribution is -2.27. The summed E-state index contributed by atoms with van der Waals surface area (Å²) in [5.74, 6) is -0.590. The van der Waals surface area contributed by atoms with Crippen LogP contribution >= 0.6 is 0 Å². The van der Waals surface area contributed by atoms with Crippen molar-refractivity contribution in [2.24, 2.45) is 0 Å². The van der Waals surface area contributed by atoms with Crippen molar-refractivity contribution in [2.45, 2.75) is 33.2 Å². The van der Waals surface area contributed by atoms with Crippen molar-refractivity contribution in [3.05, 3.63) is 88.4 Å². The summed E-state index contributed by atoms with van der Waals surface area (Å²) in [7, 11) is 0. The molecule has 2 heterocycles. The second kappa shape index (κ2) is 8.18. The van der Waals surface area contributed by atoms with Crippen LogP contribution in [0.2, 0.25) is 0 Å². The summed E-state index contributed by atoms with van der Waals surface area (Å²) >= 11 is 0. The minimum absolute atomic E-state index is 0.225. The highest BCUT2D eigenvalue weighted by atomic mass is 19.1. The van der Waals surface area contributed by atoms with Gasteiger partial charge >= 0.3 is 0 Å². The number of nitrogens with one attached hydrogen (secondary N) is 1. The van der Waals surface area contributed by atoms with Crippen molar-refractivity contribution in [1.82, 2.24) is 14.3 Å². The number of hydrogen-bond acceptors (Lipinski definition) is 3. The first-order valence-electron chi connectivity index (χ1n) is 10.1. The molecule has 2 aromatic heterocycles. The Balaban J connectivity index is 1.79. The fourth-order valence-electron chi connectivity index (χ4n) is 4.04. The number of nitrogens with zero attached hydrogens (tertiary/aromatic N) is 3. The molecule has 0 bridgehead atoms. The molecule has 158 valence electrons. The van der Waals surface area contributed by atoms with Crippen LogP contribution in [0.1, 0.15) is 30.8 Å². The summed E-state index contributed by atoms with van der Waals surface area (Å²) in [6, 6.07) is 14.3. The van der Waals surface area contributed by atoms with Crippen LogP contribution in [0, 0.1) is 19.7 Å². The Morgan fingerprint density at radius 3 is 2.39 bits per heavy atom. The molecule has 6 nitrogen and oxygen atoms in total. The van der Waals surface area contributed by atoms with E-state index in [2.05, 4.69) is 10.4 Å². The lowest BCUT2D eigenvalue weighted by Gasteiger charge is -2.20. The molecule has 0 radical (unpaired) electrons. The molecule has 0 saturated carbocycles. The SMILES string of the molecule is CCC(C(=O)Nc1ccc(F)cc1)n1c(C)c2cnn(-c3ccccc3)c(=O)c2c1C. The summed E-state index contributed by atoms with van der Waals surface area (Å²) in [5, 5.41) is 8.47. The Bertz CT molecular complexity index is 1310. The molecule has 1 N–H and O–H groups in total. The molecule has 0 fully saturated rings. The molecular formula is C24H23FN4O2.